The summed E-state index contributed by atoms with van der Waals surface area (Å²) >= 11 is 1.70. The Kier molecular flexibility index (Phi) is 5.58. The molecule has 0 aromatic carbocycles. The Morgan fingerprint density at radius 1 is 1.47 bits per heavy atom. The van der Waals surface area contributed by atoms with Gasteiger partial charge >= 0.3 is 0 Å². The van der Waals surface area contributed by atoms with Gasteiger partial charge in [-0.2, -0.15) is 0 Å². The van der Waals surface area contributed by atoms with Crippen molar-refractivity contribution >= 4 is 17.2 Å². The minimum atomic E-state index is -0.195. The molecule has 2 atom stereocenters. The maximum absolute atomic E-state index is 11.6. The highest BCUT2D eigenvalue weighted by molar-refractivity contribution is 7.11. The van der Waals surface area contributed by atoms with Crippen molar-refractivity contribution < 1.29 is 4.79 Å². The third-order valence-corrected chi connectivity index (χ3v) is 3.86. The molecule has 96 valence electrons. The quantitative estimate of drug-likeness (QED) is 0.816. The van der Waals surface area contributed by atoms with Gasteiger partial charge in [-0.05, 0) is 27.2 Å². The topological polar surface area (TPSA) is 54.0 Å². The molecule has 1 rings (SSSR count). The summed E-state index contributed by atoms with van der Waals surface area (Å²) in [6.07, 6.45) is 2.92. The number of nitrogens with zero attached hydrogens (tertiary/aromatic N) is 1. The number of amides is 1. The second-order valence-electron chi connectivity index (χ2n) is 4.02. The van der Waals surface area contributed by atoms with Crippen LogP contribution in [0.15, 0.2) is 6.20 Å². The molecule has 0 saturated heterocycles. The fraction of sp³-hybridized carbons (Fsp3) is 0.667. The Bertz CT molecular complexity index is 364. The summed E-state index contributed by atoms with van der Waals surface area (Å²) in [6.45, 7) is 8.61. The van der Waals surface area contributed by atoms with Gasteiger partial charge in [0.05, 0.1) is 12.1 Å². The SMILES string of the molecule is CCNC(=O)C(C)NC(C)c1ncc(CC)s1. The third-order valence-electron chi connectivity index (χ3n) is 2.53. The highest BCUT2D eigenvalue weighted by Crippen LogP contribution is 2.20. The number of aryl methyl sites for hydroxylation is 1. The maximum Gasteiger partial charge on any atom is 0.236 e. The van der Waals surface area contributed by atoms with Gasteiger partial charge in [0.1, 0.15) is 5.01 Å². The van der Waals surface area contributed by atoms with Gasteiger partial charge in [-0.15, -0.1) is 11.3 Å². The molecule has 17 heavy (non-hydrogen) atoms. The van der Waals surface area contributed by atoms with Crippen molar-refractivity contribution in [3.8, 4) is 0 Å². The standard InChI is InChI=1S/C12H21N3OS/c1-5-10-7-14-12(17-10)9(4)15-8(3)11(16)13-6-2/h7-9,15H,5-6H2,1-4H3,(H,13,16). The lowest BCUT2D eigenvalue weighted by molar-refractivity contribution is -0.122. The lowest BCUT2D eigenvalue weighted by Gasteiger charge is -2.17. The summed E-state index contributed by atoms with van der Waals surface area (Å²) in [5, 5.41) is 7.09. The zero-order valence-electron chi connectivity index (χ0n) is 10.9. The van der Waals surface area contributed by atoms with E-state index >= 15 is 0 Å². The average molecular weight is 255 g/mol. The Morgan fingerprint density at radius 2 is 2.18 bits per heavy atom. The van der Waals surface area contributed by atoms with Crippen molar-refractivity contribution in [3.63, 3.8) is 0 Å². The van der Waals surface area contributed by atoms with E-state index in [1.807, 2.05) is 27.0 Å². The number of nitrogens with one attached hydrogen (secondary N) is 2. The Morgan fingerprint density at radius 3 is 2.71 bits per heavy atom. The molecule has 1 aromatic rings. The molecular weight excluding hydrogens is 234 g/mol. The van der Waals surface area contributed by atoms with E-state index in [9.17, 15) is 4.79 Å². The monoisotopic (exact) mass is 255 g/mol. The van der Waals surface area contributed by atoms with Crippen LogP contribution in [0.2, 0.25) is 0 Å². The molecule has 1 aromatic heterocycles. The van der Waals surface area contributed by atoms with Crippen LogP contribution in [0.4, 0.5) is 0 Å². The van der Waals surface area contributed by atoms with Crippen LogP contribution in [0.25, 0.3) is 0 Å². The first-order chi connectivity index (χ1) is 8.08. The molecule has 5 heteroatoms. The molecule has 0 aliphatic rings. The first kappa shape index (κ1) is 14.1. The first-order valence-corrected chi connectivity index (χ1v) is 6.88. The van der Waals surface area contributed by atoms with Gasteiger partial charge < -0.3 is 5.32 Å². The number of carbonyl (C=O) groups is 1. The Hall–Kier alpha value is -0.940. The van der Waals surface area contributed by atoms with Crippen molar-refractivity contribution in [1.29, 1.82) is 0 Å². The van der Waals surface area contributed by atoms with Gasteiger partial charge in [0.2, 0.25) is 5.91 Å². The molecule has 0 spiro atoms. The van der Waals surface area contributed by atoms with E-state index in [2.05, 4.69) is 22.5 Å². The normalized spacial score (nSPS) is 14.4. The van der Waals surface area contributed by atoms with Gasteiger partial charge in [-0.1, -0.05) is 6.92 Å². The van der Waals surface area contributed by atoms with Gasteiger partial charge in [0, 0.05) is 17.6 Å². The summed E-state index contributed by atoms with van der Waals surface area (Å²) in [4.78, 5) is 17.2. The Labute approximate surface area is 107 Å². The van der Waals surface area contributed by atoms with E-state index < -0.39 is 0 Å². The van der Waals surface area contributed by atoms with Crippen molar-refractivity contribution in [2.75, 3.05) is 6.54 Å². The van der Waals surface area contributed by atoms with Crippen LogP contribution in [0.5, 0.6) is 0 Å². The predicted molar refractivity (Wildman–Crippen MR) is 71.2 cm³/mol. The number of rotatable bonds is 6. The first-order valence-electron chi connectivity index (χ1n) is 6.06. The number of hydrogen-bond donors (Lipinski definition) is 2. The molecule has 0 radical (unpaired) electrons. The number of likely N-dealkylation sites (N-methyl/N-ethyl adjacent to an activating group) is 1. The van der Waals surface area contributed by atoms with E-state index in [-0.39, 0.29) is 18.0 Å². The molecule has 1 heterocycles. The van der Waals surface area contributed by atoms with Gasteiger partial charge in [0.15, 0.2) is 0 Å². The summed E-state index contributed by atoms with van der Waals surface area (Å²) in [7, 11) is 0. The van der Waals surface area contributed by atoms with Crippen molar-refractivity contribution in [2.45, 2.75) is 46.2 Å². The number of carbonyl (C=O) groups excluding carboxylic acids is 1. The average Bonchev–Trinajstić information content (AvgIpc) is 2.77. The van der Waals surface area contributed by atoms with Crippen LogP contribution in [0, 0.1) is 0 Å². The minimum Gasteiger partial charge on any atom is -0.355 e. The lowest BCUT2D eigenvalue weighted by atomic mass is 10.2. The number of hydrogen-bond acceptors (Lipinski definition) is 4. The van der Waals surface area contributed by atoms with E-state index in [4.69, 9.17) is 0 Å². The maximum atomic E-state index is 11.6. The fourth-order valence-corrected chi connectivity index (χ4v) is 2.40. The molecule has 4 nitrogen and oxygen atoms in total. The second kappa shape index (κ2) is 6.71. The van der Waals surface area contributed by atoms with Crippen LogP contribution in [-0.2, 0) is 11.2 Å². The summed E-state index contributed by atoms with van der Waals surface area (Å²) in [6, 6.07) is -0.0863. The van der Waals surface area contributed by atoms with Crippen molar-refractivity contribution in [2.24, 2.45) is 0 Å². The van der Waals surface area contributed by atoms with Crippen molar-refractivity contribution in [1.82, 2.24) is 15.6 Å². The van der Waals surface area contributed by atoms with Crippen LogP contribution in [0.1, 0.15) is 43.6 Å². The smallest absolute Gasteiger partial charge is 0.236 e. The zero-order chi connectivity index (χ0) is 12.8. The van der Waals surface area contributed by atoms with Gasteiger partial charge in [0.25, 0.3) is 0 Å². The summed E-state index contributed by atoms with van der Waals surface area (Å²) in [5.74, 6) is 0.0339. The van der Waals surface area contributed by atoms with Gasteiger partial charge in [-0.3, -0.25) is 10.1 Å². The van der Waals surface area contributed by atoms with Crippen LogP contribution in [-0.4, -0.2) is 23.5 Å². The van der Waals surface area contributed by atoms with E-state index in [0.29, 0.717) is 6.54 Å². The highest BCUT2D eigenvalue weighted by Gasteiger charge is 2.17. The molecule has 2 unspecified atom stereocenters. The van der Waals surface area contributed by atoms with Crippen molar-refractivity contribution in [3.05, 3.63) is 16.1 Å². The molecule has 0 aliphatic heterocycles. The molecule has 0 bridgehead atoms. The molecule has 0 fully saturated rings. The molecule has 0 saturated carbocycles. The van der Waals surface area contributed by atoms with Gasteiger partial charge in [-0.25, -0.2) is 4.98 Å². The zero-order valence-corrected chi connectivity index (χ0v) is 11.7. The number of aromatic nitrogens is 1. The van der Waals surface area contributed by atoms with Crippen LogP contribution >= 0.6 is 11.3 Å². The lowest BCUT2D eigenvalue weighted by Crippen LogP contribution is -2.42. The summed E-state index contributed by atoms with van der Waals surface area (Å²) in [5.41, 5.74) is 0. The van der Waals surface area contributed by atoms with E-state index in [1.165, 1.54) is 4.88 Å². The molecule has 0 aliphatic carbocycles. The second-order valence-corrected chi connectivity index (χ2v) is 5.17. The predicted octanol–water partition coefficient (Wildman–Crippen LogP) is 1.88. The fourth-order valence-electron chi connectivity index (χ4n) is 1.54. The minimum absolute atomic E-state index is 0.0339. The van der Waals surface area contributed by atoms with Crippen LogP contribution in [0.3, 0.4) is 0 Å². The Balaban J connectivity index is 2.53. The molecule has 1 amide bonds. The third kappa shape index (κ3) is 4.09. The molecular formula is C12H21N3OS. The van der Waals surface area contributed by atoms with E-state index in [0.717, 1.165) is 11.4 Å². The molecule has 2 N–H and O–H groups in total. The largest absolute Gasteiger partial charge is 0.355 e. The van der Waals surface area contributed by atoms with E-state index in [1.54, 1.807) is 11.3 Å². The summed E-state index contributed by atoms with van der Waals surface area (Å²) < 4.78 is 0. The van der Waals surface area contributed by atoms with Crippen LogP contribution < -0.4 is 10.6 Å². The highest BCUT2D eigenvalue weighted by atomic mass is 32.1. The number of thiazole rings is 1.